The first-order valence-electron chi connectivity index (χ1n) is 5.73. The molecule has 0 saturated carbocycles. The number of hydrogen-bond acceptors (Lipinski definition) is 9. The molecule has 2 heterocycles. The summed E-state index contributed by atoms with van der Waals surface area (Å²) in [7, 11) is 1.53. The van der Waals surface area contributed by atoms with Crippen molar-refractivity contribution < 1.29 is 20.0 Å². The maximum Gasteiger partial charge on any atom is 0.232 e. The average Bonchev–Trinajstić information content (AvgIpc) is 2.80. The van der Waals surface area contributed by atoms with Crippen LogP contribution in [0, 0.1) is 6.92 Å². The van der Waals surface area contributed by atoms with Gasteiger partial charge in [-0.05, 0) is 6.92 Å². The summed E-state index contributed by atoms with van der Waals surface area (Å²) in [5.74, 6) is 0.427. The van der Waals surface area contributed by atoms with Gasteiger partial charge in [0.1, 0.15) is 10.7 Å². The molecule has 0 aliphatic heterocycles. The average molecular weight is 298 g/mol. The van der Waals surface area contributed by atoms with Crippen molar-refractivity contribution in [3.8, 4) is 16.6 Å². The Hall–Kier alpha value is -1.65. The summed E-state index contributed by atoms with van der Waals surface area (Å²) >= 11 is 1.45. The lowest BCUT2D eigenvalue weighted by Crippen LogP contribution is -2.16. The number of aryl methyl sites for hydroxylation is 1. The summed E-state index contributed by atoms with van der Waals surface area (Å²) in [5, 5.41) is 17.4. The summed E-state index contributed by atoms with van der Waals surface area (Å²) in [5.41, 5.74) is 1.48. The Bertz CT molecular complexity index is 575. The van der Waals surface area contributed by atoms with Crippen LogP contribution >= 0.6 is 11.3 Å². The van der Waals surface area contributed by atoms with E-state index in [9.17, 15) is 0 Å². The van der Waals surface area contributed by atoms with E-state index in [1.165, 1.54) is 24.6 Å². The van der Waals surface area contributed by atoms with Gasteiger partial charge in [-0.15, -0.1) is 11.3 Å². The van der Waals surface area contributed by atoms with E-state index in [0.29, 0.717) is 18.0 Å². The van der Waals surface area contributed by atoms with Gasteiger partial charge in [0.25, 0.3) is 0 Å². The van der Waals surface area contributed by atoms with Gasteiger partial charge in [0.2, 0.25) is 5.88 Å². The van der Waals surface area contributed by atoms with Gasteiger partial charge in [0.15, 0.2) is 0 Å². The Balaban J connectivity index is 2.13. The van der Waals surface area contributed by atoms with Gasteiger partial charge < -0.3 is 4.74 Å². The molecule has 0 spiro atoms. The molecule has 0 fully saturated rings. The van der Waals surface area contributed by atoms with E-state index in [1.54, 1.807) is 6.20 Å². The number of thiazole rings is 1. The fourth-order valence-corrected chi connectivity index (χ4v) is 2.54. The van der Waals surface area contributed by atoms with Gasteiger partial charge >= 0.3 is 0 Å². The highest BCUT2D eigenvalue weighted by atomic mass is 32.1. The van der Waals surface area contributed by atoms with E-state index in [4.69, 9.17) is 15.2 Å². The molecular formula is C11H14N4O4S. The SMILES string of the molecule is COc1cncc(-c2nc(C)c(CCON(O)O)s2)n1. The van der Waals surface area contributed by atoms with Crippen LogP contribution in [0.3, 0.4) is 0 Å². The predicted octanol–water partition coefficient (Wildman–Crippen LogP) is 1.47. The van der Waals surface area contributed by atoms with Crippen molar-refractivity contribution in [2.24, 2.45) is 0 Å². The number of hydrogen-bond donors (Lipinski definition) is 2. The third-order valence-corrected chi connectivity index (χ3v) is 3.71. The van der Waals surface area contributed by atoms with Crippen molar-refractivity contribution in [3.63, 3.8) is 0 Å². The van der Waals surface area contributed by atoms with E-state index in [0.717, 1.165) is 15.6 Å². The van der Waals surface area contributed by atoms with E-state index in [1.807, 2.05) is 6.92 Å². The molecule has 0 bridgehead atoms. The molecule has 0 saturated heterocycles. The number of nitrogens with zero attached hydrogens (tertiary/aromatic N) is 4. The van der Waals surface area contributed by atoms with Crippen molar-refractivity contribution in [1.29, 1.82) is 0 Å². The van der Waals surface area contributed by atoms with Crippen LogP contribution < -0.4 is 4.74 Å². The number of rotatable bonds is 6. The predicted molar refractivity (Wildman–Crippen MR) is 69.5 cm³/mol. The molecule has 0 unspecified atom stereocenters. The van der Waals surface area contributed by atoms with Gasteiger partial charge in [0.05, 0.1) is 37.2 Å². The monoisotopic (exact) mass is 298 g/mol. The molecular weight excluding hydrogens is 284 g/mol. The van der Waals surface area contributed by atoms with Crippen molar-refractivity contribution in [2.75, 3.05) is 13.7 Å². The van der Waals surface area contributed by atoms with Gasteiger partial charge in [0, 0.05) is 11.3 Å². The summed E-state index contributed by atoms with van der Waals surface area (Å²) in [6.07, 6.45) is 3.65. The second-order valence-corrected chi connectivity index (χ2v) is 4.89. The number of methoxy groups -OCH3 is 1. The quantitative estimate of drug-likeness (QED) is 0.773. The van der Waals surface area contributed by atoms with Crippen LogP contribution in [0.15, 0.2) is 12.4 Å². The highest BCUT2D eigenvalue weighted by Crippen LogP contribution is 2.27. The summed E-state index contributed by atoms with van der Waals surface area (Å²) < 4.78 is 5.03. The molecule has 2 aromatic heterocycles. The Morgan fingerprint density at radius 2 is 2.10 bits per heavy atom. The molecule has 0 radical (unpaired) electrons. The third kappa shape index (κ3) is 3.68. The second kappa shape index (κ2) is 6.68. The minimum Gasteiger partial charge on any atom is -0.480 e. The first-order chi connectivity index (χ1) is 9.60. The Morgan fingerprint density at radius 3 is 2.80 bits per heavy atom. The first-order valence-corrected chi connectivity index (χ1v) is 6.55. The van der Waals surface area contributed by atoms with Crippen molar-refractivity contribution in [2.45, 2.75) is 13.3 Å². The van der Waals surface area contributed by atoms with E-state index >= 15 is 0 Å². The molecule has 20 heavy (non-hydrogen) atoms. The number of ether oxygens (including phenoxy) is 1. The van der Waals surface area contributed by atoms with Crippen LogP contribution in [-0.2, 0) is 11.3 Å². The largest absolute Gasteiger partial charge is 0.480 e. The molecule has 8 nitrogen and oxygen atoms in total. The molecule has 0 atom stereocenters. The molecule has 2 aromatic rings. The van der Waals surface area contributed by atoms with Crippen LogP contribution in [0.25, 0.3) is 10.7 Å². The summed E-state index contributed by atoms with van der Waals surface area (Å²) in [6.45, 7) is 2.01. The molecule has 2 rings (SSSR count). The van der Waals surface area contributed by atoms with Crippen LogP contribution in [-0.4, -0.2) is 44.5 Å². The fraction of sp³-hybridized carbons (Fsp3) is 0.364. The summed E-state index contributed by atoms with van der Waals surface area (Å²) in [6, 6.07) is 0. The summed E-state index contributed by atoms with van der Waals surface area (Å²) in [4.78, 5) is 18.2. The molecule has 2 N–H and O–H groups in total. The molecule has 9 heteroatoms. The van der Waals surface area contributed by atoms with Crippen LogP contribution in [0.1, 0.15) is 10.6 Å². The lowest BCUT2D eigenvalue weighted by Gasteiger charge is -2.04. The lowest BCUT2D eigenvalue weighted by atomic mass is 10.3. The standard InChI is InChI=1S/C11H14N4O4S/c1-7-9(3-4-19-15(16)17)20-11(13-7)8-5-12-6-10(14-8)18-2/h5-6,16-17H,3-4H2,1-2H3. The Kier molecular flexibility index (Phi) is 4.93. The fourth-order valence-electron chi connectivity index (χ4n) is 1.54. The maximum absolute atomic E-state index is 8.46. The van der Waals surface area contributed by atoms with Gasteiger partial charge in [-0.25, -0.2) is 9.97 Å². The lowest BCUT2D eigenvalue weighted by molar-refractivity contribution is -0.492. The zero-order valence-corrected chi connectivity index (χ0v) is 11.8. The van der Waals surface area contributed by atoms with Gasteiger partial charge in [-0.1, -0.05) is 0 Å². The van der Waals surface area contributed by atoms with Crippen molar-refractivity contribution in [1.82, 2.24) is 20.3 Å². The molecule has 108 valence electrons. The van der Waals surface area contributed by atoms with Gasteiger partial charge in [-0.3, -0.25) is 20.2 Å². The Morgan fingerprint density at radius 1 is 1.30 bits per heavy atom. The highest BCUT2D eigenvalue weighted by molar-refractivity contribution is 7.15. The van der Waals surface area contributed by atoms with Crippen LogP contribution in [0.5, 0.6) is 5.88 Å². The topological polar surface area (TPSA) is 101 Å². The van der Waals surface area contributed by atoms with Crippen LogP contribution in [0.2, 0.25) is 0 Å². The molecule has 0 aliphatic rings. The van der Waals surface area contributed by atoms with Crippen LogP contribution in [0.4, 0.5) is 0 Å². The van der Waals surface area contributed by atoms with Crippen molar-refractivity contribution >= 4 is 11.3 Å². The molecule has 0 aliphatic carbocycles. The number of aromatic nitrogens is 3. The molecule has 0 amide bonds. The zero-order valence-electron chi connectivity index (χ0n) is 11.0. The van der Waals surface area contributed by atoms with Crippen molar-refractivity contribution in [3.05, 3.63) is 23.0 Å². The normalized spacial score (nSPS) is 11.1. The minimum atomic E-state index is -0.301. The molecule has 0 aromatic carbocycles. The van der Waals surface area contributed by atoms with Gasteiger partial charge in [-0.2, -0.15) is 0 Å². The maximum atomic E-state index is 8.46. The second-order valence-electron chi connectivity index (χ2n) is 3.81. The van der Waals surface area contributed by atoms with E-state index in [-0.39, 0.29) is 12.0 Å². The third-order valence-electron chi connectivity index (χ3n) is 2.47. The van der Waals surface area contributed by atoms with E-state index in [2.05, 4.69) is 19.8 Å². The highest BCUT2D eigenvalue weighted by Gasteiger charge is 2.12. The smallest absolute Gasteiger partial charge is 0.232 e. The first kappa shape index (κ1) is 14.8. The minimum absolute atomic E-state index is 0.138. The Labute approximate surface area is 119 Å². The zero-order chi connectivity index (χ0) is 14.5. The van der Waals surface area contributed by atoms with E-state index < -0.39 is 0 Å².